The number of amides is 1. The Hall–Kier alpha value is -1.60. The number of hydrogen-bond acceptors (Lipinski definition) is 5. The van der Waals surface area contributed by atoms with E-state index in [1.54, 1.807) is 27.1 Å². The van der Waals surface area contributed by atoms with Gasteiger partial charge < -0.3 is 9.32 Å². The van der Waals surface area contributed by atoms with E-state index in [1.807, 2.05) is 0 Å². The molecule has 0 saturated heterocycles. The van der Waals surface area contributed by atoms with Crippen LogP contribution in [-0.4, -0.2) is 40.3 Å². The summed E-state index contributed by atoms with van der Waals surface area (Å²) >= 11 is 7.12. The average molecular weight is 344 g/mol. The van der Waals surface area contributed by atoms with Gasteiger partial charge in [0.25, 0.3) is 5.22 Å². The topological polar surface area (TPSA) is 59.2 Å². The number of benzene rings is 1. The molecule has 1 aromatic carbocycles. The predicted molar refractivity (Wildman–Crippen MR) is 82.5 cm³/mol. The molecule has 0 N–H and O–H groups in total. The van der Waals surface area contributed by atoms with Crippen molar-refractivity contribution < 1.29 is 13.6 Å². The molecule has 2 aromatic rings. The lowest BCUT2D eigenvalue weighted by Gasteiger charge is -2.14. The third-order valence-electron chi connectivity index (χ3n) is 2.90. The van der Waals surface area contributed by atoms with Crippen LogP contribution >= 0.6 is 23.4 Å². The normalized spacial score (nSPS) is 12.2. The lowest BCUT2D eigenvalue weighted by atomic mass is 10.1. The van der Waals surface area contributed by atoms with E-state index in [9.17, 15) is 9.18 Å². The molecule has 0 aliphatic rings. The molecule has 1 amide bonds. The van der Waals surface area contributed by atoms with Gasteiger partial charge in [0.2, 0.25) is 11.8 Å². The summed E-state index contributed by atoms with van der Waals surface area (Å²) in [5.74, 6) is -0.225. The Morgan fingerprint density at radius 2 is 2.18 bits per heavy atom. The van der Waals surface area contributed by atoms with Gasteiger partial charge in [0.05, 0.1) is 11.7 Å². The molecule has 0 aliphatic heterocycles. The molecule has 1 heterocycles. The summed E-state index contributed by atoms with van der Waals surface area (Å²) in [6, 6.07) is 4.46. The number of carbonyl (C=O) groups excluding carboxylic acids is 1. The molecule has 0 spiro atoms. The third kappa shape index (κ3) is 3.98. The van der Waals surface area contributed by atoms with Crippen LogP contribution in [0.3, 0.4) is 0 Å². The lowest BCUT2D eigenvalue weighted by molar-refractivity contribution is -0.127. The van der Waals surface area contributed by atoms with E-state index in [0.717, 1.165) is 11.8 Å². The minimum absolute atomic E-state index is 0.0538. The van der Waals surface area contributed by atoms with Gasteiger partial charge >= 0.3 is 0 Å². The number of carbonyl (C=O) groups is 1. The summed E-state index contributed by atoms with van der Waals surface area (Å²) in [4.78, 5) is 13.3. The monoisotopic (exact) mass is 343 g/mol. The van der Waals surface area contributed by atoms with Gasteiger partial charge in [0, 0.05) is 24.7 Å². The number of nitrogens with zero attached hydrogens (tertiary/aromatic N) is 3. The fraction of sp³-hybridized carbons (Fsp3) is 0.357. The molecule has 0 fully saturated rings. The number of halogens is 2. The summed E-state index contributed by atoms with van der Waals surface area (Å²) in [5, 5.41) is 7.96. The van der Waals surface area contributed by atoms with E-state index in [4.69, 9.17) is 16.0 Å². The maximum atomic E-state index is 13.7. The predicted octanol–water partition coefficient (Wildman–Crippen LogP) is 3.02. The maximum Gasteiger partial charge on any atom is 0.277 e. The van der Waals surface area contributed by atoms with E-state index in [-0.39, 0.29) is 28.7 Å². The van der Waals surface area contributed by atoms with Gasteiger partial charge in [-0.1, -0.05) is 29.4 Å². The number of aromatic nitrogens is 2. The summed E-state index contributed by atoms with van der Waals surface area (Å²) in [6.45, 7) is 1.75. The molecular weight excluding hydrogens is 329 g/mol. The van der Waals surface area contributed by atoms with Crippen molar-refractivity contribution in [3.8, 4) is 0 Å². The van der Waals surface area contributed by atoms with E-state index < -0.39 is 5.82 Å². The van der Waals surface area contributed by atoms with Gasteiger partial charge in [-0.25, -0.2) is 4.39 Å². The van der Waals surface area contributed by atoms with E-state index in [0.29, 0.717) is 10.6 Å². The van der Waals surface area contributed by atoms with Crippen LogP contribution in [0.25, 0.3) is 0 Å². The van der Waals surface area contributed by atoms with Crippen molar-refractivity contribution in [1.29, 1.82) is 0 Å². The average Bonchev–Trinajstić information content (AvgIpc) is 2.89. The van der Waals surface area contributed by atoms with Crippen molar-refractivity contribution in [3.63, 3.8) is 0 Å². The second kappa shape index (κ2) is 7.11. The van der Waals surface area contributed by atoms with Crippen LogP contribution in [0.5, 0.6) is 0 Å². The molecule has 0 aliphatic carbocycles. The standard InChI is InChI=1S/C14H15ClFN3O2S/c1-8(13(20)19(2)3)22-14-18-17-12(21-14)7-9-10(15)5-4-6-11(9)16/h4-6,8H,7H2,1-3H3/t8-/m0/s1. The Morgan fingerprint density at radius 3 is 2.82 bits per heavy atom. The molecule has 1 aromatic heterocycles. The first kappa shape index (κ1) is 16.8. The zero-order valence-electron chi connectivity index (χ0n) is 12.3. The first-order valence-corrected chi connectivity index (χ1v) is 7.77. The Morgan fingerprint density at radius 1 is 1.45 bits per heavy atom. The second-order valence-electron chi connectivity index (χ2n) is 4.83. The van der Waals surface area contributed by atoms with Crippen LogP contribution in [0, 0.1) is 5.82 Å². The number of rotatable bonds is 5. The zero-order valence-corrected chi connectivity index (χ0v) is 13.9. The third-order valence-corrected chi connectivity index (χ3v) is 4.18. The van der Waals surface area contributed by atoms with Gasteiger partial charge in [0.15, 0.2) is 0 Å². The zero-order chi connectivity index (χ0) is 16.3. The maximum absolute atomic E-state index is 13.7. The summed E-state index contributed by atoms with van der Waals surface area (Å²) < 4.78 is 19.2. The molecule has 0 saturated carbocycles. The van der Waals surface area contributed by atoms with Gasteiger partial charge in [-0.2, -0.15) is 0 Å². The van der Waals surface area contributed by atoms with Crippen molar-refractivity contribution in [2.45, 2.75) is 23.8 Å². The van der Waals surface area contributed by atoms with Gasteiger partial charge in [-0.05, 0) is 19.1 Å². The molecule has 2 rings (SSSR count). The molecule has 0 radical (unpaired) electrons. The minimum atomic E-state index is -0.420. The van der Waals surface area contributed by atoms with Crippen molar-refractivity contribution in [3.05, 3.63) is 40.5 Å². The fourth-order valence-electron chi connectivity index (χ4n) is 1.77. The Labute approximate surface area is 136 Å². The van der Waals surface area contributed by atoms with E-state index in [1.165, 1.54) is 17.0 Å². The van der Waals surface area contributed by atoms with Crippen molar-refractivity contribution in [2.24, 2.45) is 0 Å². The van der Waals surface area contributed by atoms with E-state index >= 15 is 0 Å². The first-order valence-electron chi connectivity index (χ1n) is 6.51. The van der Waals surface area contributed by atoms with Crippen molar-refractivity contribution in [1.82, 2.24) is 15.1 Å². The highest BCUT2D eigenvalue weighted by atomic mass is 35.5. The Bertz CT molecular complexity index is 658. The van der Waals surface area contributed by atoms with Gasteiger partial charge in [0.1, 0.15) is 5.82 Å². The smallest absolute Gasteiger partial charge is 0.277 e. The summed E-state index contributed by atoms with van der Waals surface area (Å²) in [5.41, 5.74) is 0.307. The molecule has 0 unspecified atom stereocenters. The van der Waals surface area contributed by atoms with Crippen LogP contribution in [0.1, 0.15) is 18.4 Å². The first-order chi connectivity index (χ1) is 10.4. The van der Waals surface area contributed by atoms with Crippen LogP contribution in [-0.2, 0) is 11.2 Å². The van der Waals surface area contributed by atoms with Crippen LogP contribution < -0.4 is 0 Å². The van der Waals surface area contributed by atoms with Crippen molar-refractivity contribution in [2.75, 3.05) is 14.1 Å². The molecule has 118 valence electrons. The van der Waals surface area contributed by atoms with Gasteiger partial charge in [-0.15, -0.1) is 10.2 Å². The van der Waals surface area contributed by atoms with E-state index in [2.05, 4.69) is 10.2 Å². The molecule has 22 heavy (non-hydrogen) atoms. The Kier molecular flexibility index (Phi) is 5.42. The highest BCUT2D eigenvalue weighted by molar-refractivity contribution is 8.00. The van der Waals surface area contributed by atoms with Gasteiger partial charge in [-0.3, -0.25) is 4.79 Å². The number of thioether (sulfide) groups is 1. The molecule has 5 nitrogen and oxygen atoms in total. The minimum Gasteiger partial charge on any atom is -0.416 e. The molecule has 1 atom stereocenters. The van der Waals surface area contributed by atoms with Crippen LogP contribution in [0.4, 0.5) is 4.39 Å². The second-order valence-corrected chi connectivity index (χ2v) is 6.53. The van der Waals surface area contributed by atoms with Crippen molar-refractivity contribution >= 4 is 29.3 Å². The lowest BCUT2D eigenvalue weighted by Crippen LogP contribution is -2.29. The largest absolute Gasteiger partial charge is 0.416 e. The molecular formula is C14H15ClFN3O2S. The quantitative estimate of drug-likeness (QED) is 0.781. The Balaban J connectivity index is 2.07. The summed E-state index contributed by atoms with van der Waals surface area (Å²) in [7, 11) is 3.36. The highest BCUT2D eigenvalue weighted by Crippen LogP contribution is 2.26. The fourth-order valence-corrected chi connectivity index (χ4v) is 2.85. The highest BCUT2D eigenvalue weighted by Gasteiger charge is 2.20. The molecule has 0 bridgehead atoms. The van der Waals surface area contributed by atoms with Crippen LogP contribution in [0.15, 0.2) is 27.8 Å². The molecule has 8 heteroatoms. The van der Waals surface area contributed by atoms with Crippen LogP contribution in [0.2, 0.25) is 5.02 Å². The summed E-state index contributed by atoms with van der Waals surface area (Å²) in [6.07, 6.45) is 0.106. The SMILES string of the molecule is C[C@H](Sc1nnc(Cc2c(F)cccc2Cl)o1)C(=O)N(C)C. The number of hydrogen-bond donors (Lipinski definition) is 0.